The Hall–Kier alpha value is -4.25. The van der Waals surface area contributed by atoms with Crippen LogP contribution in [0.1, 0.15) is 17.3 Å². The minimum Gasteiger partial charge on any atom is -0.449 e. The van der Waals surface area contributed by atoms with Gasteiger partial charge in [-0.05, 0) is 61.5 Å². The third-order valence-electron chi connectivity index (χ3n) is 4.56. The van der Waals surface area contributed by atoms with Crippen molar-refractivity contribution in [2.75, 3.05) is 10.0 Å². The summed E-state index contributed by atoms with van der Waals surface area (Å²) in [4.78, 5) is 32.7. The molecule has 0 spiro atoms. The first kappa shape index (κ1) is 22.0. The van der Waals surface area contributed by atoms with E-state index in [0.29, 0.717) is 16.8 Å². The first-order chi connectivity index (χ1) is 15.8. The number of amides is 1. The average molecular weight is 466 g/mol. The van der Waals surface area contributed by atoms with Gasteiger partial charge in [-0.1, -0.05) is 6.07 Å². The second-order valence-electron chi connectivity index (χ2n) is 6.92. The molecule has 2 heterocycles. The van der Waals surface area contributed by atoms with Crippen molar-refractivity contribution in [2.24, 2.45) is 0 Å². The van der Waals surface area contributed by atoms with Crippen LogP contribution in [0.25, 0.3) is 11.1 Å². The summed E-state index contributed by atoms with van der Waals surface area (Å²) in [6.45, 7) is 1.43. The van der Waals surface area contributed by atoms with Gasteiger partial charge in [0.25, 0.3) is 15.9 Å². The fourth-order valence-electron chi connectivity index (χ4n) is 2.85. The number of carbonyl (C=O) groups excluding carboxylic acids is 2. The van der Waals surface area contributed by atoms with Gasteiger partial charge in [-0.3, -0.25) is 9.52 Å². The number of anilines is 2. The number of nitrogens with zero attached hydrogens (tertiary/aromatic N) is 2. The molecule has 10 nitrogen and oxygen atoms in total. The molecular weight excluding hydrogens is 448 g/mol. The molecule has 11 heteroatoms. The van der Waals surface area contributed by atoms with Crippen molar-refractivity contribution in [3.05, 3.63) is 78.8 Å². The zero-order valence-corrected chi connectivity index (χ0v) is 18.1. The predicted octanol–water partition coefficient (Wildman–Crippen LogP) is 3.21. The number of rotatable bonds is 7. The fraction of sp³-hybridized carbons (Fsp3) is 0.0909. The molecule has 33 heavy (non-hydrogen) atoms. The lowest BCUT2D eigenvalue weighted by molar-refractivity contribution is -0.123. The normalized spacial score (nSPS) is 12.2. The van der Waals surface area contributed by atoms with Crippen LogP contribution in [-0.2, 0) is 19.6 Å². The summed E-state index contributed by atoms with van der Waals surface area (Å²) in [6.07, 6.45) is 1.64. The smallest absolute Gasteiger partial charge is 0.338 e. The highest BCUT2D eigenvalue weighted by atomic mass is 32.2. The Morgan fingerprint density at radius 3 is 2.55 bits per heavy atom. The highest BCUT2D eigenvalue weighted by Gasteiger charge is 2.20. The minimum absolute atomic E-state index is 0.00567. The number of esters is 1. The molecule has 4 rings (SSSR count). The largest absolute Gasteiger partial charge is 0.449 e. The molecule has 0 saturated carbocycles. The number of carbonyl (C=O) groups is 2. The van der Waals surface area contributed by atoms with Crippen LogP contribution in [-0.4, -0.2) is 36.4 Å². The van der Waals surface area contributed by atoms with Crippen LogP contribution in [0.5, 0.6) is 0 Å². The molecule has 0 bridgehead atoms. The Morgan fingerprint density at radius 1 is 1.03 bits per heavy atom. The molecule has 1 unspecified atom stereocenters. The van der Waals surface area contributed by atoms with E-state index >= 15 is 0 Å². The van der Waals surface area contributed by atoms with E-state index in [1.165, 1.54) is 62.0 Å². The van der Waals surface area contributed by atoms with Crippen molar-refractivity contribution < 1.29 is 27.2 Å². The lowest BCUT2D eigenvalue weighted by Crippen LogP contribution is -2.30. The number of hydrogen-bond acceptors (Lipinski definition) is 8. The number of sulfonamides is 1. The van der Waals surface area contributed by atoms with Crippen molar-refractivity contribution >= 4 is 44.5 Å². The van der Waals surface area contributed by atoms with Gasteiger partial charge in [-0.2, -0.15) is 0 Å². The van der Waals surface area contributed by atoms with E-state index < -0.39 is 28.0 Å². The van der Waals surface area contributed by atoms with Crippen molar-refractivity contribution in [1.82, 2.24) is 9.97 Å². The quantitative estimate of drug-likeness (QED) is 0.396. The van der Waals surface area contributed by atoms with Crippen LogP contribution >= 0.6 is 0 Å². The topological polar surface area (TPSA) is 140 Å². The zero-order valence-electron chi connectivity index (χ0n) is 17.3. The van der Waals surface area contributed by atoms with E-state index in [9.17, 15) is 18.0 Å². The van der Waals surface area contributed by atoms with E-state index in [1.807, 2.05) is 0 Å². The Labute approximate surface area is 188 Å². The minimum atomic E-state index is -3.84. The summed E-state index contributed by atoms with van der Waals surface area (Å²) < 4.78 is 37.6. The van der Waals surface area contributed by atoms with Gasteiger partial charge in [0.1, 0.15) is 11.3 Å². The third kappa shape index (κ3) is 5.15. The Morgan fingerprint density at radius 2 is 1.82 bits per heavy atom. The lowest BCUT2D eigenvalue weighted by Gasteiger charge is -2.14. The summed E-state index contributed by atoms with van der Waals surface area (Å²) in [5, 5.41) is 2.58. The molecule has 2 N–H and O–H groups in total. The Balaban J connectivity index is 1.37. The molecule has 0 aliphatic heterocycles. The van der Waals surface area contributed by atoms with E-state index in [0.717, 1.165) is 0 Å². The molecule has 168 valence electrons. The summed E-state index contributed by atoms with van der Waals surface area (Å²) in [5.41, 5.74) is 1.59. The molecule has 0 radical (unpaired) electrons. The number of ether oxygens (including phenoxy) is 1. The Bertz CT molecular complexity index is 1400. The molecule has 0 fully saturated rings. The maximum Gasteiger partial charge on any atom is 0.338 e. The SMILES string of the molecule is CC(OC(=O)c1ccc2ocnc2c1)C(=O)Nc1ccc(S(=O)(=O)Nc2ccccn2)cc1. The summed E-state index contributed by atoms with van der Waals surface area (Å²) >= 11 is 0. The van der Waals surface area contributed by atoms with E-state index in [-0.39, 0.29) is 16.3 Å². The van der Waals surface area contributed by atoms with Crippen LogP contribution in [0.15, 0.2) is 82.6 Å². The van der Waals surface area contributed by atoms with E-state index in [1.54, 1.807) is 18.2 Å². The number of aromatic nitrogens is 2. The molecule has 0 aliphatic rings. The molecule has 0 aliphatic carbocycles. The molecule has 0 saturated heterocycles. The lowest BCUT2D eigenvalue weighted by atomic mass is 10.2. The van der Waals surface area contributed by atoms with Gasteiger partial charge < -0.3 is 14.5 Å². The van der Waals surface area contributed by atoms with Crippen molar-refractivity contribution in [3.63, 3.8) is 0 Å². The summed E-state index contributed by atoms with van der Waals surface area (Å²) in [5.74, 6) is -1.08. The van der Waals surface area contributed by atoms with Crippen LogP contribution in [0, 0.1) is 0 Å². The first-order valence-electron chi connectivity index (χ1n) is 9.71. The van der Waals surface area contributed by atoms with Crippen molar-refractivity contribution in [1.29, 1.82) is 0 Å². The zero-order chi connectivity index (χ0) is 23.4. The first-order valence-corrected chi connectivity index (χ1v) is 11.2. The second kappa shape index (κ2) is 9.09. The second-order valence-corrected chi connectivity index (χ2v) is 8.60. The van der Waals surface area contributed by atoms with Crippen molar-refractivity contribution in [3.8, 4) is 0 Å². The van der Waals surface area contributed by atoms with Crippen LogP contribution < -0.4 is 10.0 Å². The maximum atomic E-state index is 12.5. The van der Waals surface area contributed by atoms with Crippen LogP contribution in [0.3, 0.4) is 0 Å². The highest BCUT2D eigenvalue weighted by Crippen LogP contribution is 2.18. The summed E-state index contributed by atoms with van der Waals surface area (Å²) in [6, 6.07) is 15.0. The fourth-order valence-corrected chi connectivity index (χ4v) is 3.86. The van der Waals surface area contributed by atoms with Gasteiger partial charge in [-0.15, -0.1) is 0 Å². The third-order valence-corrected chi connectivity index (χ3v) is 5.93. The predicted molar refractivity (Wildman–Crippen MR) is 119 cm³/mol. The molecule has 1 amide bonds. The number of benzene rings is 2. The number of hydrogen-bond donors (Lipinski definition) is 2. The van der Waals surface area contributed by atoms with E-state index in [4.69, 9.17) is 9.15 Å². The van der Waals surface area contributed by atoms with Crippen LogP contribution in [0.4, 0.5) is 11.5 Å². The van der Waals surface area contributed by atoms with Gasteiger partial charge >= 0.3 is 5.97 Å². The molecular formula is C22H18N4O6S. The van der Waals surface area contributed by atoms with Gasteiger partial charge in [0, 0.05) is 11.9 Å². The van der Waals surface area contributed by atoms with E-state index in [2.05, 4.69) is 20.0 Å². The molecule has 2 aromatic heterocycles. The number of nitrogens with one attached hydrogen (secondary N) is 2. The van der Waals surface area contributed by atoms with Crippen LogP contribution in [0.2, 0.25) is 0 Å². The van der Waals surface area contributed by atoms with Gasteiger partial charge in [0.05, 0.1) is 10.5 Å². The average Bonchev–Trinajstić information content (AvgIpc) is 3.27. The number of pyridine rings is 1. The molecule has 2 aromatic carbocycles. The number of oxazole rings is 1. The molecule has 1 atom stereocenters. The van der Waals surface area contributed by atoms with Crippen molar-refractivity contribution in [2.45, 2.75) is 17.9 Å². The monoisotopic (exact) mass is 466 g/mol. The standard InChI is InChI=1S/C22H18N4O6S/c1-14(32-22(28)15-5-10-19-18(12-15)24-13-31-19)21(27)25-16-6-8-17(9-7-16)33(29,30)26-20-4-2-3-11-23-20/h2-14H,1H3,(H,23,26)(H,25,27). The maximum absolute atomic E-state index is 12.5. The van der Waals surface area contributed by atoms with Gasteiger partial charge in [-0.25, -0.2) is 23.2 Å². The van der Waals surface area contributed by atoms with Gasteiger partial charge in [0.2, 0.25) is 0 Å². The Kier molecular flexibility index (Phi) is 6.05. The number of fused-ring (bicyclic) bond motifs is 1. The van der Waals surface area contributed by atoms with Gasteiger partial charge in [0.15, 0.2) is 18.1 Å². The summed E-state index contributed by atoms with van der Waals surface area (Å²) in [7, 11) is -3.84. The highest BCUT2D eigenvalue weighted by molar-refractivity contribution is 7.92. The molecule has 4 aromatic rings.